The van der Waals surface area contributed by atoms with Gasteiger partial charge in [-0.15, -0.1) is 0 Å². The van der Waals surface area contributed by atoms with Crippen LogP contribution < -0.4 is 16.0 Å². The van der Waals surface area contributed by atoms with Gasteiger partial charge in [-0.05, 0) is 11.1 Å². The topological polar surface area (TPSA) is 177 Å². The van der Waals surface area contributed by atoms with Gasteiger partial charge in [0.1, 0.15) is 19.2 Å². The first-order valence-electron chi connectivity index (χ1n) is 9.71. The minimum absolute atomic E-state index is 0.0298. The molecule has 174 valence electrons. The summed E-state index contributed by atoms with van der Waals surface area (Å²) in [6.45, 7) is -0.919. The van der Waals surface area contributed by atoms with Crippen LogP contribution in [0.25, 0.3) is 0 Å². The number of benzene rings is 2. The maximum atomic E-state index is 12.0. The number of amides is 3. The number of carboxylic acids is 1. The van der Waals surface area contributed by atoms with E-state index in [-0.39, 0.29) is 18.7 Å². The van der Waals surface area contributed by atoms with Crippen LogP contribution in [0.2, 0.25) is 0 Å². The standard InChI is InChI=1S/C21H22N4O8/c26-18(11-23-21(30)33-13-15-4-2-1-3-5-15)22-12-19(27)24-17(20(28)29)10-14-6-8-16(9-7-14)25(31)32/h1-9,17H,10-13H2,(H,22,26)(H,23,30)(H,24,27)(H,28,29)/t17-/m0/s1. The Morgan fingerprint density at radius 3 is 2.15 bits per heavy atom. The molecule has 4 N–H and O–H groups in total. The van der Waals surface area contributed by atoms with Crippen molar-refractivity contribution in [1.82, 2.24) is 16.0 Å². The predicted octanol–water partition coefficient (Wildman–Crippen LogP) is 0.749. The molecule has 0 spiro atoms. The van der Waals surface area contributed by atoms with Gasteiger partial charge in [-0.2, -0.15) is 0 Å². The Labute approximate surface area is 188 Å². The number of hydrogen-bond acceptors (Lipinski definition) is 7. The van der Waals surface area contributed by atoms with Crippen molar-refractivity contribution in [2.75, 3.05) is 13.1 Å². The Hall–Kier alpha value is -4.48. The first-order chi connectivity index (χ1) is 15.7. The van der Waals surface area contributed by atoms with E-state index < -0.39 is 47.9 Å². The Balaban J connectivity index is 1.71. The highest BCUT2D eigenvalue weighted by Crippen LogP contribution is 2.13. The van der Waals surface area contributed by atoms with E-state index in [0.717, 1.165) is 5.56 Å². The molecular formula is C21H22N4O8. The molecule has 12 nitrogen and oxygen atoms in total. The Morgan fingerprint density at radius 2 is 1.55 bits per heavy atom. The molecule has 33 heavy (non-hydrogen) atoms. The number of nitrogens with zero attached hydrogens (tertiary/aromatic N) is 1. The van der Waals surface area contributed by atoms with Crippen LogP contribution in [0.4, 0.5) is 10.5 Å². The summed E-state index contributed by atoms with van der Waals surface area (Å²) >= 11 is 0. The number of carbonyl (C=O) groups is 4. The largest absolute Gasteiger partial charge is 0.480 e. The molecule has 0 fully saturated rings. The SMILES string of the molecule is O=C(CNC(=O)OCc1ccccc1)NCC(=O)N[C@@H](Cc1ccc([N+](=O)[O-])cc1)C(=O)O. The van der Waals surface area contributed by atoms with E-state index in [1.165, 1.54) is 24.3 Å². The number of carbonyl (C=O) groups excluding carboxylic acids is 3. The molecule has 0 bridgehead atoms. The summed E-state index contributed by atoms with van der Waals surface area (Å²) in [6, 6.07) is 12.9. The zero-order valence-corrected chi connectivity index (χ0v) is 17.4. The van der Waals surface area contributed by atoms with Crippen LogP contribution in [0.5, 0.6) is 0 Å². The Bertz CT molecular complexity index is 995. The minimum Gasteiger partial charge on any atom is -0.480 e. The summed E-state index contributed by atoms with van der Waals surface area (Å²) in [7, 11) is 0. The molecule has 0 aliphatic heterocycles. The highest BCUT2D eigenvalue weighted by Gasteiger charge is 2.21. The van der Waals surface area contributed by atoms with Crippen molar-refractivity contribution in [3.8, 4) is 0 Å². The number of rotatable bonds is 11. The average Bonchev–Trinajstić information content (AvgIpc) is 2.80. The average molecular weight is 458 g/mol. The number of alkyl carbamates (subject to hydrolysis) is 1. The van der Waals surface area contributed by atoms with E-state index in [9.17, 15) is 34.4 Å². The number of nitro benzene ring substituents is 1. The number of aliphatic carboxylic acids is 1. The normalized spacial score (nSPS) is 11.0. The van der Waals surface area contributed by atoms with Gasteiger partial charge in [0.05, 0.1) is 11.5 Å². The van der Waals surface area contributed by atoms with Crippen molar-refractivity contribution >= 4 is 29.6 Å². The molecule has 0 saturated heterocycles. The maximum absolute atomic E-state index is 12.0. The molecule has 2 rings (SSSR count). The quantitative estimate of drug-likeness (QED) is 0.281. The molecule has 12 heteroatoms. The van der Waals surface area contributed by atoms with Crippen molar-refractivity contribution < 1.29 is 33.9 Å². The Kier molecular flexibility index (Phi) is 9.31. The fourth-order valence-electron chi connectivity index (χ4n) is 2.60. The number of non-ortho nitro benzene ring substituents is 1. The van der Waals surface area contributed by atoms with E-state index >= 15 is 0 Å². The van der Waals surface area contributed by atoms with Gasteiger partial charge < -0.3 is 25.8 Å². The molecule has 0 aliphatic rings. The summed E-state index contributed by atoms with van der Waals surface area (Å²) in [5.41, 5.74) is 1.10. The monoisotopic (exact) mass is 458 g/mol. The van der Waals surface area contributed by atoms with Crippen LogP contribution in [0, 0.1) is 10.1 Å². The summed E-state index contributed by atoms with van der Waals surface area (Å²) in [6.07, 6.45) is -0.922. The van der Waals surface area contributed by atoms with Crippen molar-refractivity contribution in [2.45, 2.75) is 19.1 Å². The third kappa shape index (κ3) is 9.04. The lowest BCUT2D eigenvalue weighted by molar-refractivity contribution is -0.384. The van der Waals surface area contributed by atoms with E-state index in [1.54, 1.807) is 24.3 Å². The highest BCUT2D eigenvalue weighted by molar-refractivity contribution is 5.89. The Morgan fingerprint density at radius 1 is 0.909 bits per heavy atom. The van der Waals surface area contributed by atoms with Gasteiger partial charge in [-0.25, -0.2) is 9.59 Å². The van der Waals surface area contributed by atoms with Crippen LogP contribution in [0.3, 0.4) is 0 Å². The molecule has 0 unspecified atom stereocenters. The number of nitro groups is 1. The van der Waals surface area contributed by atoms with E-state index in [4.69, 9.17) is 4.74 Å². The number of nitrogens with one attached hydrogen (secondary N) is 3. The molecule has 0 aliphatic carbocycles. The van der Waals surface area contributed by atoms with Crippen LogP contribution in [-0.4, -0.2) is 53.0 Å². The lowest BCUT2D eigenvalue weighted by Crippen LogP contribution is -2.47. The maximum Gasteiger partial charge on any atom is 0.407 e. The van der Waals surface area contributed by atoms with Gasteiger partial charge in [0.2, 0.25) is 11.8 Å². The van der Waals surface area contributed by atoms with Crippen LogP contribution >= 0.6 is 0 Å². The van der Waals surface area contributed by atoms with Crippen LogP contribution in [0.15, 0.2) is 54.6 Å². The van der Waals surface area contributed by atoms with Gasteiger partial charge >= 0.3 is 12.1 Å². The molecule has 0 heterocycles. The predicted molar refractivity (Wildman–Crippen MR) is 114 cm³/mol. The summed E-state index contributed by atoms with van der Waals surface area (Å²) in [4.78, 5) is 56.9. The van der Waals surface area contributed by atoms with Crippen LogP contribution in [-0.2, 0) is 32.1 Å². The molecule has 0 aromatic heterocycles. The highest BCUT2D eigenvalue weighted by atomic mass is 16.6. The van der Waals surface area contributed by atoms with Gasteiger partial charge in [-0.1, -0.05) is 42.5 Å². The third-order valence-corrected chi connectivity index (χ3v) is 4.27. The smallest absolute Gasteiger partial charge is 0.407 e. The first-order valence-corrected chi connectivity index (χ1v) is 9.71. The second-order valence-electron chi connectivity index (χ2n) is 6.78. The van der Waals surface area contributed by atoms with E-state index in [2.05, 4.69) is 16.0 Å². The zero-order valence-electron chi connectivity index (χ0n) is 17.4. The molecule has 0 saturated carbocycles. The van der Waals surface area contributed by atoms with Gasteiger partial charge in [0, 0.05) is 18.6 Å². The van der Waals surface area contributed by atoms with Gasteiger partial charge in [0.25, 0.3) is 5.69 Å². The number of carboxylic acid groups (broad SMARTS) is 1. The van der Waals surface area contributed by atoms with E-state index in [0.29, 0.717) is 5.56 Å². The summed E-state index contributed by atoms with van der Waals surface area (Å²) in [5.74, 6) is -2.75. The van der Waals surface area contributed by atoms with Crippen molar-refractivity contribution in [3.05, 3.63) is 75.8 Å². The second kappa shape index (κ2) is 12.4. The lowest BCUT2D eigenvalue weighted by Gasteiger charge is -2.15. The lowest BCUT2D eigenvalue weighted by atomic mass is 10.1. The zero-order chi connectivity index (χ0) is 24.2. The second-order valence-corrected chi connectivity index (χ2v) is 6.78. The molecule has 3 amide bonds. The van der Waals surface area contributed by atoms with Gasteiger partial charge in [-0.3, -0.25) is 19.7 Å². The summed E-state index contributed by atoms with van der Waals surface area (Å²) < 4.78 is 4.95. The first kappa shape index (κ1) is 24.8. The third-order valence-electron chi connectivity index (χ3n) is 4.27. The molecular weight excluding hydrogens is 436 g/mol. The molecule has 2 aromatic rings. The molecule has 0 radical (unpaired) electrons. The molecule has 1 atom stereocenters. The summed E-state index contributed by atoms with van der Waals surface area (Å²) in [5, 5.41) is 26.7. The molecule has 2 aromatic carbocycles. The van der Waals surface area contributed by atoms with Crippen molar-refractivity contribution in [1.29, 1.82) is 0 Å². The van der Waals surface area contributed by atoms with Gasteiger partial charge in [0.15, 0.2) is 0 Å². The minimum atomic E-state index is -1.31. The van der Waals surface area contributed by atoms with E-state index in [1.807, 2.05) is 6.07 Å². The van der Waals surface area contributed by atoms with Crippen molar-refractivity contribution in [2.24, 2.45) is 0 Å². The fourth-order valence-corrected chi connectivity index (χ4v) is 2.60. The van der Waals surface area contributed by atoms with Crippen LogP contribution in [0.1, 0.15) is 11.1 Å². The number of ether oxygens (including phenoxy) is 1. The fraction of sp³-hybridized carbons (Fsp3) is 0.238. The van der Waals surface area contributed by atoms with Crippen molar-refractivity contribution in [3.63, 3.8) is 0 Å². The number of hydrogen-bond donors (Lipinski definition) is 4.